The van der Waals surface area contributed by atoms with Gasteiger partial charge in [0.2, 0.25) is 11.8 Å². The van der Waals surface area contributed by atoms with Gasteiger partial charge in [-0.1, -0.05) is 12.1 Å². The molecule has 10 heteroatoms. The maximum atomic E-state index is 12.7. The number of nitrogens with zero attached hydrogens (tertiary/aromatic N) is 2. The number of carbonyl (C=O) groups is 2. The Morgan fingerprint density at radius 1 is 1.35 bits per heavy atom. The van der Waals surface area contributed by atoms with Crippen LogP contribution < -0.4 is 11.1 Å². The highest BCUT2D eigenvalue weighted by Crippen LogP contribution is 2.34. The molecule has 0 unspecified atom stereocenters. The average Bonchev–Trinajstić information content (AvgIpc) is 2.90. The van der Waals surface area contributed by atoms with Crippen LogP contribution in [0.2, 0.25) is 0 Å². The molecule has 0 aliphatic carbocycles. The molecule has 0 saturated heterocycles. The lowest BCUT2D eigenvalue weighted by atomic mass is 10.1. The number of alkyl halides is 3. The summed E-state index contributed by atoms with van der Waals surface area (Å²) >= 11 is 0. The van der Waals surface area contributed by atoms with Crippen LogP contribution in [0.3, 0.4) is 0 Å². The summed E-state index contributed by atoms with van der Waals surface area (Å²) in [4.78, 5) is 26.6. The maximum absolute atomic E-state index is 12.7. The molecule has 2 rings (SSSR count). The fourth-order valence-electron chi connectivity index (χ4n) is 1.80. The van der Waals surface area contributed by atoms with Gasteiger partial charge in [-0.3, -0.25) is 19.9 Å². The van der Waals surface area contributed by atoms with E-state index in [9.17, 15) is 22.8 Å². The van der Waals surface area contributed by atoms with E-state index in [0.717, 1.165) is 6.20 Å². The van der Waals surface area contributed by atoms with E-state index in [1.165, 1.54) is 19.1 Å². The Bertz CT molecular complexity index is 738. The first-order valence-electron chi connectivity index (χ1n) is 6.37. The third-order valence-corrected chi connectivity index (χ3v) is 2.92. The van der Waals surface area contributed by atoms with E-state index < -0.39 is 29.6 Å². The van der Waals surface area contributed by atoms with Gasteiger partial charge in [-0.05, 0) is 18.6 Å². The summed E-state index contributed by atoms with van der Waals surface area (Å²) in [6.45, 7) is 1.47. The van der Waals surface area contributed by atoms with Crippen molar-refractivity contribution in [2.24, 2.45) is 5.73 Å². The Labute approximate surface area is 127 Å². The molecule has 122 valence electrons. The molecule has 0 aliphatic heterocycles. The second-order valence-corrected chi connectivity index (χ2v) is 4.44. The fraction of sp³-hybridized carbons (Fsp3) is 0.231. The second-order valence-electron chi connectivity index (χ2n) is 4.44. The van der Waals surface area contributed by atoms with Gasteiger partial charge in [0.25, 0.3) is 5.91 Å². The molecule has 23 heavy (non-hydrogen) atoms. The zero-order valence-corrected chi connectivity index (χ0v) is 11.8. The van der Waals surface area contributed by atoms with Gasteiger partial charge in [0.15, 0.2) is 5.69 Å². The predicted octanol–water partition coefficient (Wildman–Crippen LogP) is 2.00. The van der Waals surface area contributed by atoms with Crippen molar-refractivity contribution in [3.8, 4) is 0 Å². The molecule has 0 radical (unpaired) electrons. The van der Waals surface area contributed by atoms with E-state index in [4.69, 9.17) is 5.73 Å². The Balaban J connectivity index is 2.23. The summed E-state index contributed by atoms with van der Waals surface area (Å²) < 4.78 is 42.8. The molecule has 0 aliphatic rings. The number of hydrogen-bond acceptors (Lipinski definition) is 5. The lowest BCUT2D eigenvalue weighted by Gasteiger charge is -2.05. The van der Waals surface area contributed by atoms with Crippen molar-refractivity contribution in [2.45, 2.75) is 19.5 Å². The molecule has 0 aromatic carbocycles. The molecule has 0 spiro atoms. The summed E-state index contributed by atoms with van der Waals surface area (Å²) in [5.41, 5.74) is 3.55. The number of anilines is 1. The second kappa shape index (κ2) is 6.07. The van der Waals surface area contributed by atoms with Crippen LogP contribution in [0, 0.1) is 0 Å². The average molecular weight is 328 g/mol. The molecule has 3 N–H and O–H groups in total. The van der Waals surface area contributed by atoms with Gasteiger partial charge >= 0.3 is 6.18 Å². The standard InChI is InChI=1S/C13H11F3N4O3/c1-2-7-9(13(14,15)16)20-23-12(7)19-11(22)8-4-3-6(5-18-8)10(17)21/h3-5H,2H2,1H3,(H2,17,21)(H,19,22). The molecule has 2 amide bonds. The molecule has 0 atom stereocenters. The van der Waals surface area contributed by atoms with Gasteiger partial charge < -0.3 is 10.3 Å². The number of primary amides is 1. The normalized spacial score (nSPS) is 11.3. The van der Waals surface area contributed by atoms with Crippen molar-refractivity contribution in [3.63, 3.8) is 0 Å². The number of aromatic nitrogens is 2. The Hall–Kier alpha value is -2.91. The van der Waals surface area contributed by atoms with Crippen molar-refractivity contribution in [3.05, 3.63) is 40.8 Å². The highest BCUT2D eigenvalue weighted by molar-refractivity contribution is 6.03. The number of pyridine rings is 1. The van der Waals surface area contributed by atoms with E-state index in [0.29, 0.717) is 0 Å². The van der Waals surface area contributed by atoms with Gasteiger partial charge in [-0.2, -0.15) is 13.2 Å². The highest BCUT2D eigenvalue weighted by atomic mass is 19.4. The van der Waals surface area contributed by atoms with Crippen molar-refractivity contribution >= 4 is 17.7 Å². The highest BCUT2D eigenvalue weighted by Gasteiger charge is 2.39. The summed E-state index contributed by atoms with van der Waals surface area (Å²) in [7, 11) is 0. The van der Waals surface area contributed by atoms with Gasteiger partial charge in [0.1, 0.15) is 5.69 Å². The molecule has 0 saturated carbocycles. The minimum Gasteiger partial charge on any atom is -0.366 e. The first kappa shape index (κ1) is 16.5. The number of halogens is 3. The Morgan fingerprint density at radius 2 is 2.04 bits per heavy atom. The Morgan fingerprint density at radius 3 is 2.52 bits per heavy atom. The number of nitrogens with one attached hydrogen (secondary N) is 1. The molecule has 0 bridgehead atoms. The van der Waals surface area contributed by atoms with E-state index >= 15 is 0 Å². The van der Waals surface area contributed by atoms with Crippen molar-refractivity contribution in [1.82, 2.24) is 10.1 Å². The molecule has 7 nitrogen and oxygen atoms in total. The van der Waals surface area contributed by atoms with Crippen LogP contribution in [0.5, 0.6) is 0 Å². The van der Waals surface area contributed by atoms with Gasteiger partial charge in [0.05, 0.1) is 5.56 Å². The summed E-state index contributed by atoms with van der Waals surface area (Å²) in [6.07, 6.45) is -3.64. The van der Waals surface area contributed by atoms with Crippen LogP contribution in [0.25, 0.3) is 0 Å². The maximum Gasteiger partial charge on any atom is 0.437 e. The summed E-state index contributed by atoms with van der Waals surface area (Å²) in [5, 5.41) is 5.12. The molecule has 2 aromatic rings. The predicted molar refractivity (Wildman–Crippen MR) is 71.6 cm³/mol. The third-order valence-electron chi connectivity index (χ3n) is 2.92. The minimum atomic E-state index is -4.68. The fourth-order valence-corrected chi connectivity index (χ4v) is 1.80. The molecule has 2 heterocycles. The largest absolute Gasteiger partial charge is 0.437 e. The topological polar surface area (TPSA) is 111 Å². The van der Waals surface area contributed by atoms with Crippen LogP contribution in [-0.2, 0) is 12.6 Å². The van der Waals surface area contributed by atoms with Gasteiger partial charge in [-0.15, -0.1) is 0 Å². The van der Waals surface area contributed by atoms with Crippen LogP contribution in [0.15, 0.2) is 22.9 Å². The van der Waals surface area contributed by atoms with Crippen molar-refractivity contribution < 1.29 is 27.3 Å². The van der Waals surface area contributed by atoms with E-state index in [2.05, 4.69) is 20.0 Å². The molecular weight excluding hydrogens is 317 g/mol. The van der Waals surface area contributed by atoms with Crippen LogP contribution in [0.4, 0.5) is 19.1 Å². The van der Waals surface area contributed by atoms with E-state index in [1.54, 1.807) is 0 Å². The lowest BCUT2D eigenvalue weighted by molar-refractivity contribution is -0.143. The lowest BCUT2D eigenvalue weighted by Crippen LogP contribution is -2.16. The van der Waals surface area contributed by atoms with Crippen molar-refractivity contribution in [2.75, 3.05) is 5.32 Å². The van der Waals surface area contributed by atoms with Gasteiger partial charge in [0, 0.05) is 11.8 Å². The molecule has 0 fully saturated rings. The number of hydrogen-bond donors (Lipinski definition) is 2. The summed E-state index contributed by atoms with van der Waals surface area (Å²) in [6, 6.07) is 2.48. The van der Waals surface area contributed by atoms with Gasteiger partial charge in [-0.25, -0.2) is 0 Å². The van der Waals surface area contributed by atoms with E-state index in [-0.39, 0.29) is 23.2 Å². The SMILES string of the molecule is CCc1c(C(F)(F)F)noc1NC(=O)c1ccc(C(N)=O)cn1. The van der Waals surface area contributed by atoms with E-state index in [1.807, 2.05) is 0 Å². The monoisotopic (exact) mass is 328 g/mol. The van der Waals surface area contributed by atoms with Crippen LogP contribution in [0.1, 0.15) is 39.0 Å². The number of amides is 2. The van der Waals surface area contributed by atoms with Crippen LogP contribution >= 0.6 is 0 Å². The zero-order chi connectivity index (χ0) is 17.2. The first-order valence-corrected chi connectivity index (χ1v) is 6.37. The van der Waals surface area contributed by atoms with Crippen LogP contribution in [-0.4, -0.2) is 22.0 Å². The first-order chi connectivity index (χ1) is 10.7. The smallest absolute Gasteiger partial charge is 0.366 e. The quantitative estimate of drug-likeness (QED) is 0.891. The zero-order valence-electron chi connectivity index (χ0n) is 11.8. The third kappa shape index (κ3) is 3.47. The number of nitrogens with two attached hydrogens (primary N) is 1. The summed E-state index contributed by atoms with van der Waals surface area (Å²) in [5.74, 6) is -1.92. The number of rotatable bonds is 4. The Kier molecular flexibility index (Phi) is 4.34. The number of carbonyl (C=O) groups excluding carboxylic acids is 2. The van der Waals surface area contributed by atoms with Crippen molar-refractivity contribution in [1.29, 1.82) is 0 Å². The minimum absolute atomic E-state index is 0.0397. The molecule has 2 aromatic heterocycles. The molecular formula is C13H11F3N4O3.